The molecule has 1 aliphatic heterocycles. The molecule has 0 saturated carbocycles. The van der Waals surface area contributed by atoms with Crippen molar-refractivity contribution >= 4 is 11.6 Å². The van der Waals surface area contributed by atoms with Gasteiger partial charge in [-0.25, -0.2) is 0 Å². The lowest BCUT2D eigenvalue weighted by Gasteiger charge is -2.15. The van der Waals surface area contributed by atoms with Gasteiger partial charge in [-0.15, -0.1) is 0 Å². The first kappa shape index (κ1) is 11.6. The van der Waals surface area contributed by atoms with E-state index in [1.54, 1.807) is 0 Å². The second-order valence-electron chi connectivity index (χ2n) is 3.93. The van der Waals surface area contributed by atoms with E-state index >= 15 is 0 Å². The first-order chi connectivity index (χ1) is 7.74. The molecular weight excluding hydrogens is 228 g/mol. The van der Waals surface area contributed by atoms with Gasteiger partial charge in [-0.3, -0.25) is 0 Å². The molecule has 0 bridgehead atoms. The molecule has 0 fully saturated rings. The minimum atomic E-state index is 0.00431. The Hall–Kier alpha value is -0.930. The average Bonchev–Trinajstić information content (AvgIpc) is 2.54. The maximum Gasteiger partial charge on any atom is 0.180 e. The monoisotopic (exact) mass is 242 g/mol. The molecule has 0 aliphatic carbocycles. The van der Waals surface area contributed by atoms with Gasteiger partial charge >= 0.3 is 0 Å². The normalized spacial score (nSPS) is 16.7. The van der Waals surface area contributed by atoms with Gasteiger partial charge < -0.3 is 14.6 Å². The zero-order valence-corrected chi connectivity index (χ0v) is 9.96. The summed E-state index contributed by atoms with van der Waals surface area (Å²) in [4.78, 5) is 0. The number of ether oxygens (including phenoxy) is 2. The van der Waals surface area contributed by atoms with E-state index in [9.17, 15) is 0 Å². The highest BCUT2D eigenvalue weighted by molar-refractivity contribution is 6.33. The van der Waals surface area contributed by atoms with Gasteiger partial charge in [0.05, 0.1) is 18.2 Å². The van der Waals surface area contributed by atoms with Crippen LogP contribution < -0.4 is 9.47 Å². The highest BCUT2D eigenvalue weighted by atomic mass is 35.5. The highest BCUT2D eigenvalue weighted by Gasteiger charge is 2.19. The first-order valence-electron chi connectivity index (χ1n) is 5.43. The summed E-state index contributed by atoms with van der Waals surface area (Å²) >= 11 is 6.26. The Kier molecular flexibility index (Phi) is 3.56. The Bertz CT molecular complexity index is 379. The number of aliphatic hydroxyl groups excluding tert-OH is 1. The zero-order chi connectivity index (χ0) is 11.5. The molecule has 0 spiro atoms. The topological polar surface area (TPSA) is 38.7 Å². The molecule has 1 unspecified atom stereocenters. The third-order valence-corrected chi connectivity index (χ3v) is 3.08. The van der Waals surface area contributed by atoms with E-state index in [1.807, 2.05) is 19.1 Å². The maximum absolute atomic E-state index is 9.14. The van der Waals surface area contributed by atoms with Crippen LogP contribution in [-0.4, -0.2) is 24.9 Å². The number of aliphatic hydroxyl groups is 1. The van der Waals surface area contributed by atoms with Crippen molar-refractivity contribution in [2.45, 2.75) is 19.3 Å². The fourth-order valence-electron chi connectivity index (χ4n) is 1.70. The summed E-state index contributed by atoms with van der Waals surface area (Å²) in [5, 5.41) is 9.70. The minimum Gasteiger partial charge on any atom is -0.490 e. The lowest BCUT2D eigenvalue weighted by atomic mass is 10.0. The van der Waals surface area contributed by atoms with E-state index in [0.717, 1.165) is 12.0 Å². The molecule has 0 amide bonds. The molecule has 1 atom stereocenters. The summed E-state index contributed by atoms with van der Waals surface area (Å²) in [6, 6.07) is 3.74. The maximum atomic E-state index is 9.14. The SMILES string of the molecule is CC(CO)c1ccc2c(c1Cl)OCCCO2. The van der Waals surface area contributed by atoms with Crippen LogP contribution in [0.15, 0.2) is 12.1 Å². The molecule has 2 rings (SSSR count). The van der Waals surface area contributed by atoms with Gasteiger partial charge in [0.15, 0.2) is 11.5 Å². The molecule has 0 radical (unpaired) electrons. The summed E-state index contributed by atoms with van der Waals surface area (Å²) in [5.41, 5.74) is 0.897. The van der Waals surface area contributed by atoms with Crippen molar-refractivity contribution < 1.29 is 14.6 Å². The molecule has 1 aromatic carbocycles. The van der Waals surface area contributed by atoms with Gasteiger partial charge in [-0.1, -0.05) is 24.6 Å². The molecule has 0 saturated heterocycles. The smallest absolute Gasteiger partial charge is 0.180 e. The molecule has 4 heteroatoms. The van der Waals surface area contributed by atoms with Gasteiger partial charge in [-0.05, 0) is 11.6 Å². The summed E-state index contributed by atoms with van der Waals surface area (Å²) in [5.74, 6) is 1.30. The fraction of sp³-hybridized carbons (Fsp3) is 0.500. The predicted molar refractivity (Wildman–Crippen MR) is 62.6 cm³/mol. The summed E-state index contributed by atoms with van der Waals surface area (Å²) in [7, 11) is 0. The molecular formula is C12H15ClO3. The number of hydrogen-bond acceptors (Lipinski definition) is 3. The van der Waals surface area contributed by atoms with Crippen molar-refractivity contribution in [1.29, 1.82) is 0 Å². The molecule has 1 heterocycles. The van der Waals surface area contributed by atoms with E-state index in [-0.39, 0.29) is 12.5 Å². The van der Waals surface area contributed by atoms with Crippen LogP contribution in [0.1, 0.15) is 24.8 Å². The second-order valence-corrected chi connectivity index (χ2v) is 4.31. The van der Waals surface area contributed by atoms with Gasteiger partial charge in [0.2, 0.25) is 0 Å². The summed E-state index contributed by atoms with van der Waals surface area (Å²) in [6.45, 7) is 3.26. The quantitative estimate of drug-likeness (QED) is 0.867. The third-order valence-electron chi connectivity index (χ3n) is 2.69. The lowest BCUT2D eigenvalue weighted by Crippen LogP contribution is -2.02. The Morgan fingerprint density at radius 3 is 2.88 bits per heavy atom. The first-order valence-corrected chi connectivity index (χ1v) is 5.80. The van der Waals surface area contributed by atoms with Crippen LogP contribution in [0.25, 0.3) is 0 Å². The van der Waals surface area contributed by atoms with E-state index in [1.165, 1.54) is 0 Å². The average molecular weight is 243 g/mol. The Morgan fingerprint density at radius 2 is 2.12 bits per heavy atom. The van der Waals surface area contributed by atoms with Crippen LogP contribution >= 0.6 is 11.6 Å². The van der Waals surface area contributed by atoms with Crippen molar-refractivity contribution in [3.8, 4) is 11.5 Å². The van der Waals surface area contributed by atoms with Crippen LogP contribution in [0.3, 0.4) is 0 Å². The number of halogens is 1. The highest BCUT2D eigenvalue weighted by Crippen LogP contribution is 2.41. The third kappa shape index (κ3) is 2.11. The standard InChI is InChI=1S/C12H15ClO3/c1-8(7-14)9-3-4-10-12(11(9)13)16-6-2-5-15-10/h3-4,8,14H,2,5-7H2,1H3. The minimum absolute atomic E-state index is 0.00431. The van der Waals surface area contributed by atoms with Crippen LogP contribution in [0.2, 0.25) is 5.02 Å². The molecule has 16 heavy (non-hydrogen) atoms. The van der Waals surface area contributed by atoms with E-state index in [2.05, 4.69) is 0 Å². The molecule has 3 nitrogen and oxygen atoms in total. The van der Waals surface area contributed by atoms with Crippen molar-refractivity contribution in [3.05, 3.63) is 22.7 Å². The second kappa shape index (κ2) is 4.93. The zero-order valence-electron chi connectivity index (χ0n) is 9.20. The largest absolute Gasteiger partial charge is 0.490 e. The lowest BCUT2D eigenvalue weighted by molar-refractivity contribution is 0.272. The Balaban J connectivity index is 2.41. The molecule has 88 valence electrons. The van der Waals surface area contributed by atoms with Crippen molar-refractivity contribution in [3.63, 3.8) is 0 Å². The summed E-state index contributed by atoms with van der Waals surface area (Å²) < 4.78 is 11.1. The van der Waals surface area contributed by atoms with Crippen molar-refractivity contribution in [2.24, 2.45) is 0 Å². The van der Waals surface area contributed by atoms with E-state index in [4.69, 9.17) is 26.2 Å². The van der Waals surface area contributed by atoms with Gasteiger partial charge in [0.1, 0.15) is 0 Å². The number of fused-ring (bicyclic) bond motifs is 1. The van der Waals surface area contributed by atoms with Crippen LogP contribution in [0.4, 0.5) is 0 Å². The van der Waals surface area contributed by atoms with Gasteiger partial charge in [-0.2, -0.15) is 0 Å². The Morgan fingerprint density at radius 1 is 1.38 bits per heavy atom. The van der Waals surface area contributed by atoms with E-state index < -0.39 is 0 Å². The predicted octanol–water partition coefficient (Wildman–Crippen LogP) is 2.60. The molecule has 1 aliphatic rings. The fourth-order valence-corrected chi connectivity index (χ4v) is 2.09. The Labute approximate surface area is 99.9 Å². The van der Waals surface area contributed by atoms with Gasteiger partial charge in [0.25, 0.3) is 0 Å². The molecule has 0 aromatic heterocycles. The number of hydrogen-bond donors (Lipinski definition) is 1. The van der Waals surface area contributed by atoms with Crippen LogP contribution in [0, 0.1) is 0 Å². The number of rotatable bonds is 2. The van der Waals surface area contributed by atoms with Crippen LogP contribution in [0.5, 0.6) is 11.5 Å². The molecule has 1 N–H and O–H groups in total. The van der Waals surface area contributed by atoms with Crippen molar-refractivity contribution in [2.75, 3.05) is 19.8 Å². The van der Waals surface area contributed by atoms with Crippen LogP contribution in [-0.2, 0) is 0 Å². The van der Waals surface area contributed by atoms with Crippen molar-refractivity contribution in [1.82, 2.24) is 0 Å². The number of benzene rings is 1. The van der Waals surface area contributed by atoms with Gasteiger partial charge in [0, 0.05) is 18.9 Å². The molecule has 1 aromatic rings. The van der Waals surface area contributed by atoms with E-state index in [0.29, 0.717) is 29.7 Å². The summed E-state index contributed by atoms with van der Waals surface area (Å²) in [6.07, 6.45) is 0.857.